The van der Waals surface area contributed by atoms with Gasteiger partial charge in [-0.15, -0.1) is 0 Å². The van der Waals surface area contributed by atoms with Gasteiger partial charge in [0.1, 0.15) is 0 Å². The molecule has 1 rings (SSSR count). The molecule has 0 saturated heterocycles. The standard InChI is InChI=1S/C15H21N/c1-3-14-9-11-15(12-10-14)8-6-5-7-13-16-4-2/h3-4,9-12,16H,1-2,5-8,13H2. The van der Waals surface area contributed by atoms with Crippen LogP contribution >= 0.6 is 0 Å². The Hall–Kier alpha value is -1.50. The molecule has 0 saturated carbocycles. The predicted octanol–water partition coefficient (Wildman–Crippen LogP) is 3.78. The Morgan fingerprint density at radius 1 is 1.00 bits per heavy atom. The topological polar surface area (TPSA) is 12.0 Å². The summed E-state index contributed by atoms with van der Waals surface area (Å²) in [5, 5.41) is 3.11. The fourth-order valence-corrected chi connectivity index (χ4v) is 1.66. The summed E-state index contributed by atoms with van der Waals surface area (Å²) in [6.45, 7) is 8.41. The molecule has 0 unspecified atom stereocenters. The second-order valence-corrected chi connectivity index (χ2v) is 3.91. The summed E-state index contributed by atoms with van der Waals surface area (Å²) in [5.74, 6) is 0. The quantitative estimate of drug-likeness (QED) is 0.651. The summed E-state index contributed by atoms with van der Waals surface area (Å²) >= 11 is 0. The van der Waals surface area contributed by atoms with E-state index in [2.05, 4.69) is 42.7 Å². The molecule has 0 aliphatic heterocycles. The SMILES string of the molecule is C=CNCCCCCc1ccc(C=C)cc1. The minimum atomic E-state index is 1.04. The Morgan fingerprint density at radius 2 is 1.75 bits per heavy atom. The zero-order valence-corrected chi connectivity index (χ0v) is 9.91. The van der Waals surface area contributed by atoms with Gasteiger partial charge in [-0.3, -0.25) is 0 Å². The number of unbranched alkanes of at least 4 members (excludes halogenated alkanes) is 2. The van der Waals surface area contributed by atoms with Crippen molar-refractivity contribution in [1.29, 1.82) is 0 Å². The van der Waals surface area contributed by atoms with Crippen molar-refractivity contribution in [3.63, 3.8) is 0 Å². The molecule has 1 aromatic rings. The molecule has 0 spiro atoms. The molecule has 0 bridgehead atoms. The van der Waals surface area contributed by atoms with E-state index in [1.807, 2.05) is 6.08 Å². The van der Waals surface area contributed by atoms with Crippen LogP contribution in [0.15, 0.2) is 43.6 Å². The van der Waals surface area contributed by atoms with Gasteiger partial charge >= 0.3 is 0 Å². The van der Waals surface area contributed by atoms with Gasteiger partial charge in [0.05, 0.1) is 0 Å². The Bertz CT molecular complexity index is 311. The molecule has 16 heavy (non-hydrogen) atoms. The van der Waals surface area contributed by atoms with Gasteiger partial charge in [0, 0.05) is 6.54 Å². The van der Waals surface area contributed by atoms with Crippen LogP contribution < -0.4 is 5.32 Å². The molecule has 0 aliphatic rings. The van der Waals surface area contributed by atoms with Crippen LogP contribution in [-0.4, -0.2) is 6.54 Å². The number of nitrogens with one attached hydrogen (secondary N) is 1. The average molecular weight is 215 g/mol. The summed E-state index contributed by atoms with van der Waals surface area (Å²) in [6.07, 6.45) is 8.55. The Morgan fingerprint density at radius 3 is 2.38 bits per heavy atom. The maximum Gasteiger partial charge on any atom is 0.0141 e. The third-order valence-corrected chi connectivity index (χ3v) is 2.65. The highest BCUT2D eigenvalue weighted by Gasteiger charge is 1.93. The molecule has 1 aromatic carbocycles. The first-order chi connectivity index (χ1) is 7.86. The van der Waals surface area contributed by atoms with E-state index in [-0.39, 0.29) is 0 Å². The number of hydrogen-bond acceptors (Lipinski definition) is 1. The predicted molar refractivity (Wildman–Crippen MR) is 72.3 cm³/mol. The van der Waals surface area contributed by atoms with Crippen LogP contribution in [0.3, 0.4) is 0 Å². The van der Waals surface area contributed by atoms with Gasteiger partial charge in [-0.25, -0.2) is 0 Å². The molecule has 1 N–H and O–H groups in total. The van der Waals surface area contributed by atoms with Gasteiger partial charge in [0.15, 0.2) is 0 Å². The van der Waals surface area contributed by atoms with Gasteiger partial charge in [-0.05, 0) is 36.6 Å². The van der Waals surface area contributed by atoms with Crippen molar-refractivity contribution in [1.82, 2.24) is 5.32 Å². The lowest BCUT2D eigenvalue weighted by molar-refractivity contribution is 0.655. The summed E-state index contributed by atoms with van der Waals surface area (Å²) in [5.41, 5.74) is 2.61. The molecular weight excluding hydrogens is 194 g/mol. The van der Waals surface area contributed by atoms with Crippen LogP contribution in [-0.2, 0) is 6.42 Å². The monoisotopic (exact) mass is 215 g/mol. The molecule has 0 heterocycles. The second kappa shape index (κ2) is 7.75. The van der Waals surface area contributed by atoms with E-state index in [1.165, 1.54) is 36.8 Å². The lowest BCUT2D eigenvalue weighted by Crippen LogP contribution is -2.05. The van der Waals surface area contributed by atoms with Crippen molar-refractivity contribution in [3.8, 4) is 0 Å². The molecule has 1 nitrogen and oxygen atoms in total. The van der Waals surface area contributed by atoms with Gasteiger partial charge in [0.2, 0.25) is 0 Å². The number of hydrogen-bond donors (Lipinski definition) is 1. The van der Waals surface area contributed by atoms with Crippen molar-refractivity contribution < 1.29 is 0 Å². The maximum absolute atomic E-state index is 3.75. The summed E-state index contributed by atoms with van der Waals surface area (Å²) < 4.78 is 0. The Balaban J connectivity index is 2.16. The third-order valence-electron chi connectivity index (χ3n) is 2.65. The van der Waals surface area contributed by atoms with E-state index in [9.17, 15) is 0 Å². The van der Waals surface area contributed by atoms with E-state index >= 15 is 0 Å². The summed E-state index contributed by atoms with van der Waals surface area (Å²) in [6, 6.07) is 8.64. The second-order valence-electron chi connectivity index (χ2n) is 3.91. The van der Waals surface area contributed by atoms with Crippen LogP contribution in [0.4, 0.5) is 0 Å². The van der Waals surface area contributed by atoms with Crippen LogP contribution in [0.2, 0.25) is 0 Å². The molecular formula is C15H21N. The summed E-state index contributed by atoms with van der Waals surface area (Å²) in [7, 11) is 0. The first-order valence-electron chi connectivity index (χ1n) is 5.92. The van der Waals surface area contributed by atoms with Crippen molar-refractivity contribution in [2.45, 2.75) is 25.7 Å². The van der Waals surface area contributed by atoms with Crippen molar-refractivity contribution in [2.24, 2.45) is 0 Å². The maximum atomic E-state index is 3.75. The Labute approximate surface area is 98.9 Å². The smallest absolute Gasteiger partial charge is 0.0141 e. The van der Waals surface area contributed by atoms with Crippen LogP contribution in [0.25, 0.3) is 6.08 Å². The zero-order chi connectivity index (χ0) is 11.6. The van der Waals surface area contributed by atoms with E-state index in [0.29, 0.717) is 0 Å². The molecule has 0 aliphatic carbocycles. The third kappa shape index (κ3) is 4.83. The molecule has 0 amide bonds. The molecule has 0 radical (unpaired) electrons. The largest absolute Gasteiger partial charge is 0.391 e. The first kappa shape index (κ1) is 12.6. The summed E-state index contributed by atoms with van der Waals surface area (Å²) in [4.78, 5) is 0. The fraction of sp³-hybridized carbons (Fsp3) is 0.333. The van der Waals surface area contributed by atoms with Gasteiger partial charge < -0.3 is 5.32 Å². The highest BCUT2D eigenvalue weighted by atomic mass is 14.8. The van der Waals surface area contributed by atoms with Crippen LogP contribution in [0, 0.1) is 0 Å². The Kier molecular flexibility index (Phi) is 6.09. The average Bonchev–Trinajstić information content (AvgIpc) is 2.34. The number of rotatable bonds is 8. The van der Waals surface area contributed by atoms with Crippen molar-refractivity contribution >= 4 is 6.08 Å². The number of benzene rings is 1. The van der Waals surface area contributed by atoms with Crippen LogP contribution in [0.5, 0.6) is 0 Å². The van der Waals surface area contributed by atoms with Gasteiger partial charge in [-0.1, -0.05) is 49.9 Å². The first-order valence-corrected chi connectivity index (χ1v) is 5.92. The van der Waals surface area contributed by atoms with Crippen molar-refractivity contribution in [2.75, 3.05) is 6.54 Å². The lowest BCUT2D eigenvalue weighted by Gasteiger charge is -2.03. The highest BCUT2D eigenvalue weighted by molar-refractivity contribution is 5.47. The van der Waals surface area contributed by atoms with Gasteiger partial charge in [0.25, 0.3) is 0 Å². The minimum absolute atomic E-state index is 1.04. The number of aryl methyl sites for hydroxylation is 1. The fourth-order valence-electron chi connectivity index (χ4n) is 1.66. The van der Waals surface area contributed by atoms with Crippen molar-refractivity contribution in [3.05, 3.63) is 54.8 Å². The minimum Gasteiger partial charge on any atom is -0.391 e. The van der Waals surface area contributed by atoms with Crippen LogP contribution in [0.1, 0.15) is 30.4 Å². The van der Waals surface area contributed by atoms with Gasteiger partial charge in [-0.2, -0.15) is 0 Å². The molecule has 0 fully saturated rings. The van der Waals surface area contributed by atoms with E-state index in [0.717, 1.165) is 6.54 Å². The van der Waals surface area contributed by atoms with E-state index in [1.54, 1.807) is 6.20 Å². The molecule has 86 valence electrons. The van der Waals surface area contributed by atoms with E-state index in [4.69, 9.17) is 0 Å². The zero-order valence-electron chi connectivity index (χ0n) is 9.91. The molecule has 0 atom stereocenters. The molecule has 1 heteroatoms. The lowest BCUT2D eigenvalue weighted by atomic mass is 10.1. The highest BCUT2D eigenvalue weighted by Crippen LogP contribution is 2.09. The molecule has 0 aromatic heterocycles. The normalized spacial score (nSPS) is 9.75. The van der Waals surface area contributed by atoms with E-state index < -0.39 is 0 Å².